The van der Waals surface area contributed by atoms with E-state index in [1.807, 2.05) is 0 Å². The Labute approximate surface area is 153 Å². The highest BCUT2D eigenvalue weighted by Gasteiger charge is 2.44. The molecular weight excluding hydrogens is 361 g/mol. The number of alkyl halides is 3. The zero-order valence-electron chi connectivity index (χ0n) is 14.6. The van der Waals surface area contributed by atoms with Gasteiger partial charge in [0.15, 0.2) is 0 Å². The second-order valence-electron chi connectivity index (χ2n) is 6.40. The number of hydrogen-bond acceptors (Lipinski definition) is 4. The first-order valence-corrected chi connectivity index (χ1v) is 8.19. The van der Waals surface area contributed by atoms with E-state index in [1.54, 1.807) is 14.0 Å². The Morgan fingerprint density at radius 2 is 1.89 bits per heavy atom. The number of nitrogens with one attached hydrogen (secondary N) is 1. The number of rotatable bonds is 3. The molecular formula is C18H17F3N4O2. The predicted molar refractivity (Wildman–Crippen MR) is 90.7 cm³/mol. The van der Waals surface area contributed by atoms with Gasteiger partial charge in [-0.1, -0.05) is 12.1 Å². The van der Waals surface area contributed by atoms with Crippen molar-refractivity contribution >= 4 is 17.6 Å². The molecule has 2 amide bonds. The average Bonchev–Trinajstić information content (AvgIpc) is 2.89. The Kier molecular flexibility index (Phi) is 4.86. The Bertz CT molecular complexity index is 868. The molecule has 2 aromatic rings. The molecule has 1 saturated heterocycles. The van der Waals surface area contributed by atoms with Gasteiger partial charge in [-0.2, -0.15) is 13.2 Å². The summed E-state index contributed by atoms with van der Waals surface area (Å²) in [6, 6.07) is 6.05. The molecule has 6 nitrogen and oxygen atoms in total. The maximum atomic E-state index is 12.8. The van der Waals surface area contributed by atoms with Crippen LogP contribution in [-0.2, 0) is 15.8 Å². The molecule has 142 valence electrons. The SMILES string of the molecule is Cc1nccc(NC(=O)[C@@H]2C(=O)N(C)C[C@H]2c2ccc(C(F)(F)F)cc2)n1. The lowest BCUT2D eigenvalue weighted by molar-refractivity contribution is -0.138. The summed E-state index contributed by atoms with van der Waals surface area (Å²) in [6.07, 6.45) is -2.96. The first kappa shape index (κ1) is 18.8. The fourth-order valence-corrected chi connectivity index (χ4v) is 3.14. The number of amides is 2. The van der Waals surface area contributed by atoms with Crippen molar-refractivity contribution in [3.8, 4) is 0 Å². The second-order valence-corrected chi connectivity index (χ2v) is 6.40. The molecule has 3 rings (SSSR count). The van der Waals surface area contributed by atoms with Crippen molar-refractivity contribution < 1.29 is 22.8 Å². The average molecular weight is 378 g/mol. The minimum atomic E-state index is -4.44. The minimum Gasteiger partial charge on any atom is -0.344 e. The van der Waals surface area contributed by atoms with E-state index >= 15 is 0 Å². The molecule has 9 heteroatoms. The maximum Gasteiger partial charge on any atom is 0.416 e. The normalized spacial score (nSPS) is 20.0. The fraction of sp³-hybridized carbons (Fsp3) is 0.333. The number of hydrogen-bond donors (Lipinski definition) is 1. The monoisotopic (exact) mass is 378 g/mol. The number of halogens is 3. The van der Waals surface area contributed by atoms with Crippen LogP contribution in [0.4, 0.5) is 19.0 Å². The highest BCUT2D eigenvalue weighted by molar-refractivity contribution is 6.08. The van der Waals surface area contributed by atoms with Gasteiger partial charge in [-0.15, -0.1) is 0 Å². The van der Waals surface area contributed by atoms with Crippen LogP contribution < -0.4 is 5.32 Å². The molecule has 2 atom stereocenters. The number of aromatic nitrogens is 2. The molecule has 0 aliphatic carbocycles. The number of nitrogens with zero attached hydrogens (tertiary/aromatic N) is 3. The number of carbonyl (C=O) groups excluding carboxylic acids is 2. The van der Waals surface area contributed by atoms with Crippen LogP contribution in [0, 0.1) is 12.8 Å². The van der Waals surface area contributed by atoms with Crippen molar-refractivity contribution in [3.05, 3.63) is 53.5 Å². The Morgan fingerprint density at radius 3 is 2.48 bits per heavy atom. The molecule has 1 aromatic heterocycles. The van der Waals surface area contributed by atoms with E-state index < -0.39 is 29.5 Å². The van der Waals surface area contributed by atoms with Crippen LogP contribution >= 0.6 is 0 Å². The van der Waals surface area contributed by atoms with E-state index in [2.05, 4.69) is 15.3 Å². The maximum absolute atomic E-state index is 12.8. The van der Waals surface area contributed by atoms with Crippen LogP contribution in [0.1, 0.15) is 22.9 Å². The molecule has 1 aliphatic rings. The van der Waals surface area contributed by atoms with Crippen molar-refractivity contribution in [1.29, 1.82) is 0 Å². The van der Waals surface area contributed by atoms with Crippen LogP contribution in [0.2, 0.25) is 0 Å². The minimum absolute atomic E-state index is 0.241. The van der Waals surface area contributed by atoms with Gasteiger partial charge in [0.1, 0.15) is 17.6 Å². The van der Waals surface area contributed by atoms with E-state index in [1.165, 1.54) is 29.3 Å². The van der Waals surface area contributed by atoms with Crippen molar-refractivity contribution in [1.82, 2.24) is 14.9 Å². The zero-order valence-corrected chi connectivity index (χ0v) is 14.6. The summed E-state index contributed by atoms with van der Waals surface area (Å²) in [7, 11) is 1.56. The number of benzene rings is 1. The third-order valence-corrected chi connectivity index (χ3v) is 4.49. The molecule has 27 heavy (non-hydrogen) atoms. The molecule has 1 N–H and O–H groups in total. The molecule has 1 fully saturated rings. The van der Waals surface area contributed by atoms with Gasteiger partial charge in [-0.05, 0) is 30.7 Å². The Balaban J connectivity index is 1.85. The van der Waals surface area contributed by atoms with E-state index in [-0.39, 0.29) is 18.3 Å². The lowest BCUT2D eigenvalue weighted by Gasteiger charge is -2.17. The molecule has 0 radical (unpaired) electrons. The van der Waals surface area contributed by atoms with Gasteiger partial charge in [0, 0.05) is 25.7 Å². The van der Waals surface area contributed by atoms with Gasteiger partial charge < -0.3 is 10.2 Å². The molecule has 0 bridgehead atoms. The fourth-order valence-electron chi connectivity index (χ4n) is 3.14. The smallest absolute Gasteiger partial charge is 0.344 e. The van der Waals surface area contributed by atoms with Gasteiger partial charge in [0.25, 0.3) is 0 Å². The highest BCUT2D eigenvalue weighted by Crippen LogP contribution is 2.36. The predicted octanol–water partition coefficient (Wildman–Crippen LogP) is 2.61. The first-order chi connectivity index (χ1) is 12.7. The molecule has 1 aromatic carbocycles. The van der Waals surface area contributed by atoms with Crippen LogP contribution in [-0.4, -0.2) is 40.3 Å². The summed E-state index contributed by atoms with van der Waals surface area (Å²) in [5, 5.41) is 2.59. The van der Waals surface area contributed by atoms with Crippen molar-refractivity contribution in [2.75, 3.05) is 18.9 Å². The van der Waals surface area contributed by atoms with Gasteiger partial charge in [0.05, 0.1) is 5.56 Å². The third kappa shape index (κ3) is 3.91. The Morgan fingerprint density at radius 1 is 1.22 bits per heavy atom. The van der Waals surface area contributed by atoms with Crippen LogP contribution in [0.15, 0.2) is 36.5 Å². The number of aryl methyl sites for hydroxylation is 1. The standard InChI is InChI=1S/C18H17F3N4O2/c1-10-22-8-7-14(23-10)24-16(26)15-13(9-25(2)17(15)27)11-3-5-12(6-4-11)18(19,20)21/h3-8,13,15H,9H2,1-2H3,(H,22,23,24,26)/t13-,15+/m0/s1. The lowest BCUT2D eigenvalue weighted by atomic mass is 9.87. The van der Waals surface area contributed by atoms with Crippen LogP contribution in [0.3, 0.4) is 0 Å². The molecule has 2 heterocycles. The second kappa shape index (κ2) is 6.98. The largest absolute Gasteiger partial charge is 0.416 e. The summed E-state index contributed by atoms with van der Waals surface area (Å²) >= 11 is 0. The van der Waals surface area contributed by atoms with E-state index in [0.29, 0.717) is 11.4 Å². The molecule has 0 spiro atoms. The Hall–Kier alpha value is -2.97. The van der Waals surface area contributed by atoms with E-state index in [0.717, 1.165) is 12.1 Å². The van der Waals surface area contributed by atoms with E-state index in [4.69, 9.17) is 0 Å². The molecule has 0 saturated carbocycles. The van der Waals surface area contributed by atoms with Crippen molar-refractivity contribution in [2.45, 2.75) is 19.0 Å². The van der Waals surface area contributed by atoms with Crippen LogP contribution in [0.5, 0.6) is 0 Å². The molecule has 0 unspecified atom stereocenters. The molecule has 1 aliphatic heterocycles. The summed E-state index contributed by atoms with van der Waals surface area (Å²) in [4.78, 5) is 34.6. The van der Waals surface area contributed by atoms with Gasteiger partial charge >= 0.3 is 6.18 Å². The first-order valence-electron chi connectivity index (χ1n) is 8.19. The van der Waals surface area contributed by atoms with Gasteiger partial charge in [0.2, 0.25) is 11.8 Å². The topological polar surface area (TPSA) is 75.2 Å². The highest BCUT2D eigenvalue weighted by atomic mass is 19.4. The number of likely N-dealkylation sites (tertiary alicyclic amines) is 1. The van der Waals surface area contributed by atoms with Crippen molar-refractivity contribution in [3.63, 3.8) is 0 Å². The number of carbonyl (C=O) groups is 2. The summed E-state index contributed by atoms with van der Waals surface area (Å²) in [6.45, 7) is 1.90. The summed E-state index contributed by atoms with van der Waals surface area (Å²) < 4.78 is 38.3. The third-order valence-electron chi connectivity index (χ3n) is 4.49. The van der Waals surface area contributed by atoms with E-state index in [9.17, 15) is 22.8 Å². The number of anilines is 1. The van der Waals surface area contributed by atoms with Gasteiger partial charge in [-0.3, -0.25) is 9.59 Å². The summed E-state index contributed by atoms with van der Waals surface area (Å²) in [5.41, 5.74) is -0.277. The number of likely N-dealkylation sites (N-methyl/N-ethyl adjacent to an activating group) is 1. The lowest BCUT2D eigenvalue weighted by Crippen LogP contribution is -2.33. The van der Waals surface area contributed by atoms with Gasteiger partial charge in [-0.25, -0.2) is 9.97 Å². The van der Waals surface area contributed by atoms with Crippen molar-refractivity contribution in [2.24, 2.45) is 5.92 Å². The van der Waals surface area contributed by atoms with Crippen LogP contribution in [0.25, 0.3) is 0 Å². The zero-order chi connectivity index (χ0) is 19.8. The quantitative estimate of drug-likeness (QED) is 0.834. The summed E-state index contributed by atoms with van der Waals surface area (Å²) in [5.74, 6) is -1.80.